The minimum atomic E-state index is -1.64. The van der Waals surface area contributed by atoms with Crippen molar-refractivity contribution < 1.29 is 18.4 Å². The molecule has 0 aliphatic rings. The third-order valence-corrected chi connectivity index (χ3v) is 2.48. The third kappa shape index (κ3) is 4.17. The van der Waals surface area contributed by atoms with Gasteiger partial charge in [-0.05, 0) is 13.8 Å². The van der Waals surface area contributed by atoms with Crippen LogP contribution in [0, 0.1) is 24.6 Å². The standard InChI is InChI=1S/C13H15F2N3O2/c1-3-4-5-6-10(15)20-18-13-11(12(16)19)8(2)9(14)7-17-13/h7,10H,5-6H2,1-2H3,(H2,16,19)(H,17,18). The van der Waals surface area contributed by atoms with Gasteiger partial charge in [0.05, 0.1) is 11.8 Å². The Hall–Kier alpha value is -2.20. The van der Waals surface area contributed by atoms with Crippen molar-refractivity contribution in [2.24, 2.45) is 5.73 Å². The summed E-state index contributed by atoms with van der Waals surface area (Å²) in [6, 6.07) is 0. The topological polar surface area (TPSA) is 77.2 Å². The number of aromatic nitrogens is 1. The lowest BCUT2D eigenvalue weighted by atomic mass is 10.1. The highest BCUT2D eigenvalue weighted by atomic mass is 19.1. The Morgan fingerprint density at radius 3 is 2.95 bits per heavy atom. The second-order valence-corrected chi connectivity index (χ2v) is 3.91. The van der Waals surface area contributed by atoms with Crippen molar-refractivity contribution >= 4 is 11.7 Å². The number of amides is 1. The molecule has 1 atom stereocenters. The van der Waals surface area contributed by atoms with Gasteiger partial charge in [0, 0.05) is 18.4 Å². The molecule has 0 saturated carbocycles. The second kappa shape index (κ2) is 7.40. The van der Waals surface area contributed by atoms with Crippen LogP contribution < -0.4 is 11.2 Å². The van der Waals surface area contributed by atoms with Crippen molar-refractivity contribution in [1.29, 1.82) is 0 Å². The summed E-state index contributed by atoms with van der Waals surface area (Å²) in [4.78, 5) is 19.6. The maximum atomic E-state index is 13.4. The summed E-state index contributed by atoms with van der Waals surface area (Å²) in [5.41, 5.74) is 7.17. The highest BCUT2D eigenvalue weighted by Crippen LogP contribution is 2.19. The number of pyridine rings is 1. The molecule has 0 radical (unpaired) electrons. The van der Waals surface area contributed by atoms with Crippen LogP contribution in [0.3, 0.4) is 0 Å². The predicted octanol–water partition coefficient (Wildman–Crippen LogP) is 2.07. The van der Waals surface area contributed by atoms with Gasteiger partial charge in [0.15, 0.2) is 5.82 Å². The molecule has 0 saturated heterocycles. The Bertz CT molecular complexity index is 553. The Labute approximate surface area is 115 Å². The number of alkyl halides is 1. The minimum Gasteiger partial charge on any atom is -0.365 e. The maximum absolute atomic E-state index is 13.4. The summed E-state index contributed by atoms with van der Waals surface area (Å²) in [5, 5.41) is 0. The van der Waals surface area contributed by atoms with Gasteiger partial charge in [-0.1, -0.05) is 0 Å². The van der Waals surface area contributed by atoms with Crippen LogP contribution in [0.1, 0.15) is 35.7 Å². The zero-order valence-corrected chi connectivity index (χ0v) is 11.2. The molecular weight excluding hydrogens is 268 g/mol. The van der Waals surface area contributed by atoms with Crippen molar-refractivity contribution in [2.45, 2.75) is 33.0 Å². The smallest absolute Gasteiger partial charge is 0.252 e. The van der Waals surface area contributed by atoms with Crippen LogP contribution in [0.25, 0.3) is 0 Å². The van der Waals surface area contributed by atoms with Crippen LogP contribution in [0.4, 0.5) is 14.6 Å². The average Bonchev–Trinajstić information content (AvgIpc) is 2.40. The lowest BCUT2D eigenvalue weighted by molar-refractivity contribution is -0.0115. The molecule has 108 valence electrons. The van der Waals surface area contributed by atoms with E-state index >= 15 is 0 Å². The molecule has 1 aromatic rings. The molecule has 1 amide bonds. The molecule has 0 aromatic carbocycles. The highest BCUT2D eigenvalue weighted by Gasteiger charge is 2.17. The fraction of sp³-hybridized carbons (Fsp3) is 0.385. The lowest BCUT2D eigenvalue weighted by Crippen LogP contribution is -2.20. The summed E-state index contributed by atoms with van der Waals surface area (Å²) >= 11 is 0. The normalized spacial score (nSPS) is 11.4. The van der Waals surface area contributed by atoms with E-state index in [0.717, 1.165) is 6.20 Å². The van der Waals surface area contributed by atoms with Gasteiger partial charge in [0.25, 0.3) is 5.91 Å². The van der Waals surface area contributed by atoms with Crippen molar-refractivity contribution in [3.05, 3.63) is 23.1 Å². The second-order valence-electron chi connectivity index (χ2n) is 3.91. The summed E-state index contributed by atoms with van der Waals surface area (Å²) in [6.45, 7) is 3.02. The van der Waals surface area contributed by atoms with E-state index in [9.17, 15) is 13.6 Å². The number of nitrogens with two attached hydrogens (primary N) is 1. The zero-order valence-electron chi connectivity index (χ0n) is 11.2. The van der Waals surface area contributed by atoms with Gasteiger partial charge in [-0.3, -0.25) is 4.79 Å². The number of hydrogen-bond donors (Lipinski definition) is 2. The van der Waals surface area contributed by atoms with E-state index in [1.165, 1.54) is 6.92 Å². The summed E-state index contributed by atoms with van der Waals surface area (Å²) in [5.74, 6) is 3.63. The van der Waals surface area contributed by atoms with Crippen LogP contribution in [0.2, 0.25) is 0 Å². The Balaban J connectivity index is 2.74. The van der Waals surface area contributed by atoms with E-state index in [2.05, 4.69) is 27.1 Å². The molecule has 1 heterocycles. The van der Waals surface area contributed by atoms with Crippen molar-refractivity contribution in [3.8, 4) is 11.8 Å². The highest BCUT2D eigenvalue weighted by molar-refractivity contribution is 5.98. The largest absolute Gasteiger partial charge is 0.365 e. The molecule has 1 aromatic heterocycles. The van der Waals surface area contributed by atoms with E-state index in [0.29, 0.717) is 6.42 Å². The van der Waals surface area contributed by atoms with E-state index in [1.54, 1.807) is 6.92 Å². The van der Waals surface area contributed by atoms with E-state index in [1.807, 2.05) is 0 Å². The average molecular weight is 283 g/mol. The monoisotopic (exact) mass is 283 g/mol. The molecule has 7 heteroatoms. The fourth-order valence-corrected chi connectivity index (χ4v) is 1.45. The Morgan fingerprint density at radius 1 is 1.65 bits per heavy atom. The minimum absolute atomic E-state index is 0.0193. The molecule has 1 unspecified atom stereocenters. The first-order valence-corrected chi connectivity index (χ1v) is 5.87. The number of rotatable bonds is 6. The number of carbonyl (C=O) groups is 1. The number of hydrogen-bond acceptors (Lipinski definition) is 4. The number of anilines is 1. The fourth-order valence-electron chi connectivity index (χ4n) is 1.45. The molecule has 0 aliphatic carbocycles. The van der Waals surface area contributed by atoms with Gasteiger partial charge < -0.3 is 5.73 Å². The first-order chi connectivity index (χ1) is 9.47. The molecule has 1 rings (SSSR count). The molecule has 0 spiro atoms. The SMILES string of the molecule is CC#CCCC(F)ONc1ncc(F)c(C)c1C(N)=O. The molecule has 0 bridgehead atoms. The van der Waals surface area contributed by atoms with Crippen molar-refractivity contribution in [1.82, 2.24) is 4.98 Å². The lowest BCUT2D eigenvalue weighted by Gasteiger charge is -2.13. The van der Waals surface area contributed by atoms with Gasteiger partial charge in [0.1, 0.15) is 5.82 Å². The van der Waals surface area contributed by atoms with Gasteiger partial charge in [-0.2, -0.15) is 0 Å². The summed E-state index contributed by atoms with van der Waals surface area (Å²) < 4.78 is 26.6. The van der Waals surface area contributed by atoms with Crippen LogP contribution in [0.5, 0.6) is 0 Å². The zero-order chi connectivity index (χ0) is 15.1. The quantitative estimate of drug-likeness (QED) is 0.619. The number of nitrogens with one attached hydrogen (secondary N) is 1. The molecular formula is C13H15F2N3O2. The number of nitrogens with zero attached hydrogens (tertiary/aromatic N) is 1. The molecule has 3 N–H and O–H groups in total. The number of carbonyl (C=O) groups excluding carboxylic acids is 1. The Kier molecular flexibility index (Phi) is 5.87. The van der Waals surface area contributed by atoms with Crippen molar-refractivity contribution in [2.75, 3.05) is 5.48 Å². The maximum Gasteiger partial charge on any atom is 0.252 e. The summed E-state index contributed by atoms with van der Waals surface area (Å²) in [6.07, 6.45) is -0.357. The van der Waals surface area contributed by atoms with Crippen LogP contribution >= 0.6 is 0 Å². The van der Waals surface area contributed by atoms with E-state index < -0.39 is 18.1 Å². The van der Waals surface area contributed by atoms with Gasteiger partial charge in [0.2, 0.25) is 6.36 Å². The van der Waals surface area contributed by atoms with Gasteiger partial charge in [-0.15, -0.1) is 11.8 Å². The van der Waals surface area contributed by atoms with Crippen LogP contribution in [0.15, 0.2) is 6.20 Å². The van der Waals surface area contributed by atoms with Gasteiger partial charge in [-0.25, -0.2) is 24.1 Å². The molecule has 5 nitrogen and oxygen atoms in total. The van der Waals surface area contributed by atoms with Gasteiger partial charge >= 0.3 is 0 Å². The van der Waals surface area contributed by atoms with Crippen molar-refractivity contribution in [3.63, 3.8) is 0 Å². The molecule has 0 fully saturated rings. The first-order valence-electron chi connectivity index (χ1n) is 5.87. The van der Waals surface area contributed by atoms with Crippen LogP contribution in [-0.2, 0) is 4.84 Å². The van der Waals surface area contributed by atoms with E-state index in [-0.39, 0.29) is 23.4 Å². The van der Waals surface area contributed by atoms with Crippen LogP contribution in [-0.4, -0.2) is 17.2 Å². The summed E-state index contributed by atoms with van der Waals surface area (Å²) in [7, 11) is 0. The number of primary amides is 1. The number of halogens is 2. The molecule has 20 heavy (non-hydrogen) atoms. The first kappa shape index (κ1) is 15.9. The molecule has 0 aliphatic heterocycles. The Morgan fingerprint density at radius 2 is 2.35 bits per heavy atom. The van der Waals surface area contributed by atoms with E-state index in [4.69, 9.17) is 5.73 Å². The predicted molar refractivity (Wildman–Crippen MR) is 69.7 cm³/mol. The third-order valence-electron chi connectivity index (χ3n) is 2.48.